The van der Waals surface area contributed by atoms with Crippen molar-refractivity contribution in [2.75, 3.05) is 32.8 Å². The fraction of sp³-hybridized carbons (Fsp3) is 0.421. The van der Waals surface area contributed by atoms with Crippen molar-refractivity contribution in [2.24, 2.45) is 0 Å². The van der Waals surface area contributed by atoms with Gasteiger partial charge in [-0.05, 0) is 45.0 Å². The molecule has 0 spiro atoms. The van der Waals surface area contributed by atoms with Crippen LogP contribution in [0.1, 0.15) is 28.7 Å². The summed E-state index contributed by atoms with van der Waals surface area (Å²) in [6, 6.07) is 7.30. The zero-order chi connectivity index (χ0) is 19.6. The molecule has 3 rings (SSSR count). The number of halogens is 1. The van der Waals surface area contributed by atoms with E-state index in [1.165, 1.54) is 0 Å². The van der Waals surface area contributed by atoms with E-state index in [0.717, 1.165) is 17.1 Å². The van der Waals surface area contributed by atoms with E-state index in [1.54, 1.807) is 33.5 Å². The minimum atomic E-state index is -0.322. The molecule has 0 unspecified atom stereocenters. The van der Waals surface area contributed by atoms with Gasteiger partial charge in [0, 0.05) is 31.7 Å². The lowest BCUT2D eigenvalue weighted by molar-refractivity contribution is 0.0570. The van der Waals surface area contributed by atoms with Crippen LogP contribution in [0.3, 0.4) is 0 Å². The largest absolute Gasteiger partial charge is 0.450 e. The van der Waals surface area contributed by atoms with E-state index in [4.69, 9.17) is 16.3 Å². The highest BCUT2D eigenvalue weighted by atomic mass is 35.5. The molecule has 2 aromatic rings. The summed E-state index contributed by atoms with van der Waals surface area (Å²) in [6.45, 7) is 7.84. The topological polar surface area (TPSA) is 67.7 Å². The second kappa shape index (κ2) is 8.00. The Morgan fingerprint density at radius 1 is 1.07 bits per heavy atom. The summed E-state index contributed by atoms with van der Waals surface area (Å²) in [5.41, 5.74) is 3.10. The van der Waals surface area contributed by atoms with Gasteiger partial charge in [0.1, 0.15) is 0 Å². The Morgan fingerprint density at radius 2 is 1.67 bits per heavy atom. The standard InChI is InChI=1S/C19H23ClN4O3/c1-4-27-19(26)23-11-9-22(10-12-23)18(25)15-5-7-16(8-6-15)24-14(3)17(20)13(2)21-24/h5-8H,4,9-12H2,1-3H3. The molecule has 1 aromatic carbocycles. The molecule has 144 valence electrons. The Labute approximate surface area is 163 Å². The first-order valence-electron chi connectivity index (χ1n) is 8.95. The zero-order valence-electron chi connectivity index (χ0n) is 15.7. The second-order valence-electron chi connectivity index (χ2n) is 6.42. The predicted octanol–water partition coefficient (Wildman–Crippen LogP) is 3.06. The molecule has 0 radical (unpaired) electrons. The number of aromatic nitrogens is 2. The Balaban J connectivity index is 1.66. The first-order valence-corrected chi connectivity index (χ1v) is 9.33. The van der Waals surface area contributed by atoms with Crippen LogP contribution in [0.4, 0.5) is 4.79 Å². The quantitative estimate of drug-likeness (QED) is 0.807. The summed E-state index contributed by atoms with van der Waals surface area (Å²) in [5, 5.41) is 5.07. The maximum Gasteiger partial charge on any atom is 0.409 e. The van der Waals surface area contributed by atoms with E-state index in [-0.39, 0.29) is 12.0 Å². The molecular weight excluding hydrogens is 368 g/mol. The van der Waals surface area contributed by atoms with E-state index >= 15 is 0 Å². The van der Waals surface area contributed by atoms with Crippen LogP contribution in [-0.2, 0) is 4.74 Å². The maximum absolute atomic E-state index is 12.7. The van der Waals surface area contributed by atoms with Crippen molar-refractivity contribution >= 4 is 23.6 Å². The maximum atomic E-state index is 12.7. The summed E-state index contributed by atoms with van der Waals surface area (Å²) in [4.78, 5) is 27.9. The molecule has 1 saturated heterocycles. The molecule has 1 aliphatic rings. The average Bonchev–Trinajstić information content (AvgIpc) is 2.95. The van der Waals surface area contributed by atoms with Gasteiger partial charge in [0.2, 0.25) is 0 Å². The van der Waals surface area contributed by atoms with Gasteiger partial charge in [0.15, 0.2) is 0 Å². The summed E-state index contributed by atoms with van der Waals surface area (Å²) in [7, 11) is 0. The van der Waals surface area contributed by atoms with Crippen molar-refractivity contribution in [1.82, 2.24) is 19.6 Å². The van der Waals surface area contributed by atoms with Crippen molar-refractivity contribution in [3.05, 3.63) is 46.2 Å². The van der Waals surface area contributed by atoms with E-state index < -0.39 is 0 Å². The molecule has 1 aliphatic heterocycles. The predicted molar refractivity (Wildman–Crippen MR) is 103 cm³/mol. The third-order valence-corrected chi connectivity index (χ3v) is 5.20. The smallest absolute Gasteiger partial charge is 0.409 e. The molecule has 7 nitrogen and oxygen atoms in total. The third-order valence-electron chi connectivity index (χ3n) is 4.65. The second-order valence-corrected chi connectivity index (χ2v) is 6.80. The lowest BCUT2D eigenvalue weighted by Crippen LogP contribution is -2.50. The van der Waals surface area contributed by atoms with Gasteiger partial charge in [-0.15, -0.1) is 0 Å². The molecule has 1 fully saturated rings. The van der Waals surface area contributed by atoms with E-state index in [2.05, 4.69) is 5.10 Å². The number of ether oxygens (including phenoxy) is 1. The van der Waals surface area contributed by atoms with Gasteiger partial charge >= 0.3 is 6.09 Å². The van der Waals surface area contributed by atoms with Crippen LogP contribution in [0, 0.1) is 13.8 Å². The fourth-order valence-electron chi connectivity index (χ4n) is 3.11. The highest BCUT2D eigenvalue weighted by molar-refractivity contribution is 6.31. The summed E-state index contributed by atoms with van der Waals surface area (Å²) in [5.74, 6) is -0.0449. The van der Waals surface area contributed by atoms with Gasteiger partial charge in [-0.25, -0.2) is 9.48 Å². The lowest BCUT2D eigenvalue weighted by atomic mass is 10.1. The van der Waals surface area contributed by atoms with Gasteiger partial charge < -0.3 is 14.5 Å². The van der Waals surface area contributed by atoms with Crippen molar-refractivity contribution < 1.29 is 14.3 Å². The van der Waals surface area contributed by atoms with Crippen molar-refractivity contribution in [3.8, 4) is 5.69 Å². The van der Waals surface area contributed by atoms with Crippen LogP contribution in [-0.4, -0.2) is 64.4 Å². The van der Waals surface area contributed by atoms with Crippen molar-refractivity contribution in [1.29, 1.82) is 0 Å². The van der Waals surface area contributed by atoms with Gasteiger partial charge in [0.25, 0.3) is 5.91 Å². The van der Waals surface area contributed by atoms with E-state index in [0.29, 0.717) is 43.4 Å². The number of carbonyl (C=O) groups excluding carboxylic acids is 2. The van der Waals surface area contributed by atoms with Crippen LogP contribution in [0.25, 0.3) is 5.69 Å². The molecule has 27 heavy (non-hydrogen) atoms. The monoisotopic (exact) mass is 390 g/mol. The minimum Gasteiger partial charge on any atom is -0.450 e. The number of amides is 2. The molecule has 0 saturated carbocycles. The van der Waals surface area contributed by atoms with Crippen LogP contribution in [0.2, 0.25) is 5.02 Å². The first kappa shape index (κ1) is 19.2. The zero-order valence-corrected chi connectivity index (χ0v) is 16.5. The Bertz CT molecular complexity index is 839. The average molecular weight is 391 g/mol. The van der Waals surface area contributed by atoms with Crippen molar-refractivity contribution in [3.63, 3.8) is 0 Å². The number of rotatable bonds is 3. The molecule has 0 bridgehead atoms. The summed E-state index contributed by atoms with van der Waals surface area (Å²) < 4.78 is 6.77. The molecule has 2 amide bonds. The highest BCUT2D eigenvalue weighted by Crippen LogP contribution is 2.22. The van der Waals surface area contributed by atoms with Crippen LogP contribution < -0.4 is 0 Å². The van der Waals surface area contributed by atoms with Gasteiger partial charge in [-0.1, -0.05) is 11.6 Å². The van der Waals surface area contributed by atoms with Crippen LogP contribution in [0.15, 0.2) is 24.3 Å². The molecule has 0 atom stereocenters. The highest BCUT2D eigenvalue weighted by Gasteiger charge is 2.25. The Hall–Kier alpha value is -2.54. The van der Waals surface area contributed by atoms with Crippen LogP contribution in [0.5, 0.6) is 0 Å². The van der Waals surface area contributed by atoms with Gasteiger partial charge in [-0.2, -0.15) is 5.10 Å². The SMILES string of the molecule is CCOC(=O)N1CCN(C(=O)c2ccc(-n3nc(C)c(Cl)c3C)cc2)CC1. The van der Waals surface area contributed by atoms with Gasteiger partial charge in [0.05, 0.1) is 28.7 Å². The molecular formula is C19H23ClN4O3. The Kier molecular flexibility index (Phi) is 5.70. The molecule has 0 aliphatic carbocycles. The molecule has 1 aromatic heterocycles. The van der Waals surface area contributed by atoms with Crippen molar-refractivity contribution in [2.45, 2.75) is 20.8 Å². The van der Waals surface area contributed by atoms with E-state index in [1.807, 2.05) is 26.0 Å². The Morgan fingerprint density at radius 3 is 2.19 bits per heavy atom. The van der Waals surface area contributed by atoms with Gasteiger partial charge in [-0.3, -0.25) is 4.79 Å². The number of nitrogens with zero attached hydrogens (tertiary/aromatic N) is 4. The summed E-state index contributed by atoms with van der Waals surface area (Å²) >= 11 is 6.20. The normalized spacial score (nSPS) is 14.4. The number of benzene rings is 1. The summed E-state index contributed by atoms with van der Waals surface area (Å²) in [6.07, 6.45) is -0.322. The number of carbonyl (C=O) groups is 2. The number of piperazine rings is 1. The third kappa shape index (κ3) is 3.93. The number of aryl methyl sites for hydroxylation is 1. The number of hydrogen-bond donors (Lipinski definition) is 0. The number of hydrogen-bond acceptors (Lipinski definition) is 4. The lowest BCUT2D eigenvalue weighted by Gasteiger charge is -2.34. The first-order chi connectivity index (χ1) is 12.9. The van der Waals surface area contributed by atoms with Crippen LogP contribution >= 0.6 is 11.6 Å². The van der Waals surface area contributed by atoms with E-state index in [9.17, 15) is 9.59 Å². The minimum absolute atomic E-state index is 0.0449. The molecule has 2 heterocycles. The fourth-order valence-corrected chi connectivity index (χ4v) is 3.23. The molecule has 8 heteroatoms. The molecule has 0 N–H and O–H groups in total.